The minimum absolute atomic E-state index is 0.396. The van der Waals surface area contributed by atoms with Gasteiger partial charge in [0.15, 0.2) is 6.10 Å². The summed E-state index contributed by atoms with van der Waals surface area (Å²) in [7, 11) is 0. The number of aliphatic carboxylic acids is 1. The molecule has 0 amide bonds. The molecule has 21 heavy (non-hydrogen) atoms. The number of hydrogen-bond donors (Lipinski definition) is 1. The van der Waals surface area contributed by atoms with Crippen LogP contribution in [0, 0.1) is 6.92 Å². The molecule has 0 aliphatic carbocycles. The Balaban J connectivity index is 1.69. The normalized spacial score (nSPS) is 16.1. The molecule has 3 rings (SSSR count). The van der Waals surface area contributed by atoms with E-state index in [1.165, 1.54) is 0 Å². The van der Waals surface area contributed by atoms with Crippen LogP contribution >= 0.6 is 0 Å². The Morgan fingerprint density at radius 3 is 3.05 bits per heavy atom. The maximum atomic E-state index is 10.9. The third-order valence-electron chi connectivity index (χ3n) is 3.33. The standard InChI is InChI=1S/C16H15NO4/c1-10-4-11(8-17-7-10)9-20-13-3-2-12-5-15(16(18)19)21-14(12)6-13/h2-4,6-8,15H,5,9H2,1H3,(H,18,19). The number of ether oxygens (including phenoxy) is 2. The van der Waals surface area contributed by atoms with Crippen LogP contribution in [-0.4, -0.2) is 22.2 Å². The highest BCUT2D eigenvalue weighted by Crippen LogP contribution is 2.32. The summed E-state index contributed by atoms with van der Waals surface area (Å²) in [5.74, 6) is 0.295. The molecule has 1 atom stereocenters. The Hall–Kier alpha value is -2.56. The summed E-state index contributed by atoms with van der Waals surface area (Å²) in [5.41, 5.74) is 2.96. The number of aryl methyl sites for hydroxylation is 1. The summed E-state index contributed by atoms with van der Waals surface area (Å²) < 4.78 is 11.1. The lowest BCUT2D eigenvalue weighted by atomic mass is 10.1. The molecular weight excluding hydrogens is 270 g/mol. The number of carboxylic acids is 1. The van der Waals surface area contributed by atoms with Gasteiger partial charge in [-0.1, -0.05) is 6.07 Å². The largest absolute Gasteiger partial charge is 0.489 e. The van der Waals surface area contributed by atoms with Crippen LogP contribution in [0.3, 0.4) is 0 Å². The van der Waals surface area contributed by atoms with E-state index in [0.29, 0.717) is 24.5 Å². The third kappa shape index (κ3) is 2.97. The third-order valence-corrected chi connectivity index (χ3v) is 3.33. The van der Waals surface area contributed by atoms with E-state index in [-0.39, 0.29) is 0 Å². The van der Waals surface area contributed by atoms with E-state index in [4.69, 9.17) is 14.6 Å². The number of nitrogens with zero attached hydrogens (tertiary/aromatic N) is 1. The number of hydrogen-bond acceptors (Lipinski definition) is 4. The second-order valence-corrected chi connectivity index (χ2v) is 5.08. The van der Waals surface area contributed by atoms with Gasteiger partial charge in [-0.05, 0) is 30.2 Å². The van der Waals surface area contributed by atoms with Crippen LogP contribution in [0.25, 0.3) is 0 Å². The van der Waals surface area contributed by atoms with Crippen molar-refractivity contribution < 1.29 is 19.4 Å². The highest BCUT2D eigenvalue weighted by atomic mass is 16.5. The highest BCUT2D eigenvalue weighted by Gasteiger charge is 2.28. The van der Waals surface area contributed by atoms with Gasteiger partial charge in [-0.25, -0.2) is 4.79 Å². The van der Waals surface area contributed by atoms with Crippen molar-refractivity contribution in [1.29, 1.82) is 0 Å². The summed E-state index contributed by atoms with van der Waals surface area (Å²) >= 11 is 0. The molecule has 1 aliphatic rings. The first-order chi connectivity index (χ1) is 10.1. The molecule has 1 unspecified atom stereocenters. The zero-order valence-corrected chi connectivity index (χ0v) is 11.6. The molecule has 0 spiro atoms. The second-order valence-electron chi connectivity index (χ2n) is 5.08. The summed E-state index contributed by atoms with van der Waals surface area (Å²) in [6, 6.07) is 7.43. The van der Waals surface area contributed by atoms with Crippen molar-refractivity contribution in [2.24, 2.45) is 0 Å². The quantitative estimate of drug-likeness (QED) is 0.934. The van der Waals surface area contributed by atoms with Crippen LogP contribution in [0.15, 0.2) is 36.7 Å². The number of carboxylic acid groups (broad SMARTS) is 1. The van der Waals surface area contributed by atoms with Gasteiger partial charge in [-0.3, -0.25) is 4.98 Å². The highest BCUT2D eigenvalue weighted by molar-refractivity contribution is 5.74. The van der Waals surface area contributed by atoms with E-state index >= 15 is 0 Å². The van der Waals surface area contributed by atoms with E-state index in [9.17, 15) is 4.79 Å². The van der Waals surface area contributed by atoms with Crippen LogP contribution < -0.4 is 9.47 Å². The number of carbonyl (C=O) groups is 1. The average molecular weight is 285 g/mol. The molecule has 1 aromatic carbocycles. The van der Waals surface area contributed by atoms with E-state index in [2.05, 4.69) is 4.98 Å². The molecule has 0 saturated carbocycles. The molecule has 108 valence electrons. The Kier molecular flexibility index (Phi) is 3.48. The van der Waals surface area contributed by atoms with Gasteiger partial charge < -0.3 is 14.6 Å². The molecule has 1 aliphatic heterocycles. The Morgan fingerprint density at radius 1 is 1.43 bits per heavy atom. The van der Waals surface area contributed by atoms with Crippen molar-refractivity contribution in [1.82, 2.24) is 4.98 Å². The van der Waals surface area contributed by atoms with Crippen LogP contribution in [0.1, 0.15) is 16.7 Å². The summed E-state index contributed by atoms with van der Waals surface area (Å²) in [6.07, 6.45) is 3.15. The van der Waals surface area contributed by atoms with Gasteiger partial charge in [0.05, 0.1) is 0 Å². The molecule has 1 aromatic heterocycles. The number of pyridine rings is 1. The average Bonchev–Trinajstić information content (AvgIpc) is 2.88. The predicted octanol–water partition coefficient (Wildman–Crippen LogP) is 2.36. The summed E-state index contributed by atoms with van der Waals surface area (Å²) in [5, 5.41) is 8.97. The fourth-order valence-electron chi connectivity index (χ4n) is 2.30. The van der Waals surface area contributed by atoms with Crippen LogP contribution in [0.4, 0.5) is 0 Å². The minimum atomic E-state index is -0.945. The van der Waals surface area contributed by atoms with Gasteiger partial charge >= 0.3 is 5.97 Å². The summed E-state index contributed by atoms with van der Waals surface area (Å²) in [4.78, 5) is 15.0. The second kappa shape index (κ2) is 5.44. The maximum Gasteiger partial charge on any atom is 0.345 e. The molecule has 5 nitrogen and oxygen atoms in total. The van der Waals surface area contributed by atoms with Crippen LogP contribution in [0.5, 0.6) is 11.5 Å². The van der Waals surface area contributed by atoms with Gasteiger partial charge in [0.1, 0.15) is 18.1 Å². The molecule has 0 fully saturated rings. The molecule has 0 saturated heterocycles. The zero-order valence-electron chi connectivity index (χ0n) is 11.6. The van der Waals surface area contributed by atoms with Gasteiger partial charge in [0.2, 0.25) is 0 Å². The van der Waals surface area contributed by atoms with Gasteiger partial charge in [-0.15, -0.1) is 0 Å². The zero-order chi connectivity index (χ0) is 14.8. The van der Waals surface area contributed by atoms with Gasteiger partial charge in [-0.2, -0.15) is 0 Å². The number of aromatic nitrogens is 1. The van der Waals surface area contributed by atoms with Crippen molar-refractivity contribution in [2.75, 3.05) is 0 Å². The lowest BCUT2D eigenvalue weighted by Gasteiger charge is -2.08. The Morgan fingerprint density at radius 2 is 2.29 bits per heavy atom. The van der Waals surface area contributed by atoms with Crippen LogP contribution in [-0.2, 0) is 17.8 Å². The number of rotatable bonds is 4. The molecule has 0 radical (unpaired) electrons. The topological polar surface area (TPSA) is 68.7 Å². The van der Waals surface area contributed by atoms with E-state index in [1.54, 1.807) is 18.5 Å². The van der Waals surface area contributed by atoms with Gasteiger partial charge in [0.25, 0.3) is 0 Å². The first kappa shape index (κ1) is 13.4. The summed E-state index contributed by atoms with van der Waals surface area (Å²) in [6.45, 7) is 2.39. The van der Waals surface area contributed by atoms with E-state index < -0.39 is 12.1 Å². The molecule has 1 N–H and O–H groups in total. The minimum Gasteiger partial charge on any atom is -0.489 e. The van der Waals surface area contributed by atoms with E-state index in [1.807, 2.05) is 25.1 Å². The molecule has 5 heteroatoms. The van der Waals surface area contributed by atoms with Crippen molar-refractivity contribution in [3.05, 3.63) is 53.3 Å². The lowest BCUT2D eigenvalue weighted by Crippen LogP contribution is -2.24. The van der Waals surface area contributed by atoms with Gasteiger partial charge in [0, 0.05) is 30.4 Å². The first-order valence-corrected chi connectivity index (χ1v) is 6.67. The van der Waals surface area contributed by atoms with E-state index in [0.717, 1.165) is 16.7 Å². The Bertz CT molecular complexity index is 684. The first-order valence-electron chi connectivity index (χ1n) is 6.67. The van der Waals surface area contributed by atoms with Crippen LogP contribution in [0.2, 0.25) is 0 Å². The smallest absolute Gasteiger partial charge is 0.345 e. The molecule has 2 heterocycles. The molecule has 2 aromatic rings. The molecular formula is C16H15NO4. The van der Waals surface area contributed by atoms with Crippen molar-refractivity contribution >= 4 is 5.97 Å². The number of benzene rings is 1. The monoisotopic (exact) mass is 285 g/mol. The van der Waals surface area contributed by atoms with Crippen molar-refractivity contribution in [3.63, 3.8) is 0 Å². The maximum absolute atomic E-state index is 10.9. The fraction of sp³-hybridized carbons (Fsp3) is 0.250. The molecule has 0 bridgehead atoms. The van der Waals surface area contributed by atoms with Crippen molar-refractivity contribution in [2.45, 2.75) is 26.1 Å². The fourth-order valence-corrected chi connectivity index (χ4v) is 2.30. The Labute approximate surface area is 122 Å². The van der Waals surface area contributed by atoms with Crippen molar-refractivity contribution in [3.8, 4) is 11.5 Å². The number of fused-ring (bicyclic) bond motifs is 1. The SMILES string of the molecule is Cc1cncc(COc2ccc3c(c2)OC(C(=O)O)C3)c1. The lowest BCUT2D eigenvalue weighted by molar-refractivity contribution is -0.144. The predicted molar refractivity (Wildman–Crippen MR) is 75.5 cm³/mol.